The van der Waals surface area contributed by atoms with Crippen LogP contribution < -0.4 is 5.73 Å². The summed E-state index contributed by atoms with van der Waals surface area (Å²) in [6.45, 7) is 3.86. The molecule has 0 spiro atoms. The molecule has 100 valence electrons. The van der Waals surface area contributed by atoms with E-state index in [0.29, 0.717) is 16.7 Å². The van der Waals surface area contributed by atoms with Crippen molar-refractivity contribution in [2.75, 3.05) is 5.73 Å². The molecule has 3 rings (SSSR count). The molecule has 2 heterocycles. The van der Waals surface area contributed by atoms with Gasteiger partial charge in [-0.3, -0.25) is 4.98 Å². The summed E-state index contributed by atoms with van der Waals surface area (Å²) in [7, 11) is 0. The minimum Gasteiger partial charge on any atom is -0.384 e. The quantitative estimate of drug-likeness (QED) is 0.732. The first-order valence-electron chi connectivity index (χ1n) is 6.34. The van der Waals surface area contributed by atoms with Crippen molar-refractivity contribution in [1.29, 1.82) is 0 Å². The number of nitrogen functional groups attached to an aromatic ring is 1. The molecule has 0 saturated heterocycles. The van der Waals surface area contributed by atoms with Crippen LogP contribution in [0.4, 0.5) is 10.2 Å². The van der Waals surface area contributed by atoms with Crippen molar-refractivity contribution in [2.45, 2.75) is 13.8 Å². The Hall–Kier alpha value is -2.49. The molecule has 0 aliphatic carbocycles. The molecule has 2 aromatic heterocycles. The maximum Gasteiger partial charge on any atom is 0.132 e. The van der Waals surface area contributed by atoms with Crippen LogP contribution >= 0.6 is 0 Å². The summed E-state index contributed by atoms with van der Waals surface area (Å²) in [5, 5.41) is 0.514. The predicted octanol–water partition coefficient (Wildman–Crippen LogP) is 3.63. The van der Waals surface area contributed by atoms with Crippen molar-refractivity contribution >= 4 is 16.7 Å². The van der Waals surface area contributed by atoms with Gasteiger partial charge in [0.1, 0.15) is 11.6 Å². The third-order valence-electron chi connectivity index (χ3n) is 3.38. The van der Waals surface area contributed by atoms with Crippen LogP contribution in [0.3, 0.4) is 0 Å². The summed E-state index contributed by atoms with van der Waals surface area (Å²) in [5.74, 6) is 0.222. The van der Waals surface area contributed by atoms with E-state index < -0.39 is 0 Å². The van der Waals surface area contributed by atoms with E-state index in [9.17, 15) is 4.39 Å². The molecule has 1 aromatic carbocycles. The van der Waals surface area contributed by atoms with Gasteiger partial charge in [0.05, 0.1) is 5.52 Å². The Morgan fingerprint density at radius 1 is 1.15 bits per heavy atom. The monoisotopic (exact) mass is 267 g/mol. The molecule has 3 aromatic rings. The third-order valence-corrected chi connectivity index (χ3v) is 3.38. The topological polar surface area (TPSA) is 51.8 Å². The summed E-state index contributed by atoms with van der Waals surface area (Å²) in [4.78, 5) is 8.59. The Kier molecular flexibility index (Phi) is 2.86. The van der Waals surface area contributed by atoms with Gasteiger partial charge in [-0.2, -0.15) is 0 Å². The second-order valence-corrected chi connectivity index (χ2v) is 4.85. The number of hydrogen-bond donors (Lipinski definition) is 1. The zero-order valence-corrected chi connectivity index (χ0v) is 11.3. The molecule has 4 heteroatoms. The minimum atomic E-state index is -0.268. The fourth-order valence-corrected chi connectivity index (χ4v) is 2.55. The van der Waals surface area contributed by atoms with Crippen LogP contribution in [0, 0.1) is 19.7 Å². The molecule has 0 radical (unpaired) electrons. The average molecular weight is 267 g/mol. The van der Waals surface area contributed by atoms with Crippen LogP contribution in [-0.4, -0.2) is 9.97 Å². The molecule has 0 amide bonds. The zero-order valence-electron chi connectivity index (χ0n) is 11.3. The lowest BCUT2D eigenvalue weighted by atomic mass is 9.99. The van der Waals surface area contributed by atoms with Gasteiger partial charge in [-0.05, 0) is 43.7 Å². The number of anilines is 1. The number of nitrogens with zero attached hydrogens (tertiary/aromatic N) is 2. The van der Waals surface area contributed by atoms with Crippen LogP contribution in [0.1, 0.15) is 11.3 Å². The van der Waals surface area contributed by atoms with Crippen LogP contribution in [0.2, 0.25) is 0 Å². The second-order valence-electron chi connectivity index (χ2n) is 4.85. The number of aromatic nitrogens is 2. The number of fused-ring (bicyclic) bond motifs is 1. The molecular formula is C16H14FN3. The Labute approximate surface area is 116 Å². The minimum absolute atomic E-state index is 0.268. The van der Waals surface area contributed by atoms with Crippen molar-refractivity contribution in [2.24, 2.45) is 0 Å². The molecule has 0 atom stereocenters. The number of benzene rings is 1. The van der Waals surface area contributed by atoms with Gasteiger partial charge in [0.25, 0.3) is 0 Å². The highest BCUT2D eigenvalue weighted by molar-refractivity contribution is 5.85. The van der Waals surface area contributed by atoms with E-state index >= 15 is 0 Å². The maximum absolute atomic E-state index is 13.9. The maximum atomic E-state index is 13.9. The van der Waals surface area contributed by atoms with Crippen molar-refractivity contribution < 1.29 is 4.39 Å². The largest absolute Gasteiger partial charge is 0.384 e. The van der Waals surface area contributed by atoms with Crippen molar-refractivity contribution in [1.82, 2.24) is 9.97 Å². The molecule has 0 fully saturated rings. The van der Waals surface area contributed by atoms with Gasteiger partial charge in [-0.1, -0.05) is 6.07 Å². The number of halogens is 1. The van der Waals surface area contributed by atoms with Crippen LogP contribution in [-0.2, 0) is 0 Å². The SMILES string of the molecule is Cc1cc(N)nc(C)c1-c1cnc2cccc(F)c2c1. The van der Waals surface area contributed by atoms with E-state index in [-0.39, 0.29) is 5.82 Å². The average Bonchev–Trinajstić information content (AvgIpc) is 2.38. The molecular weight excluding hydrogens is 253 g/mol. The molecule has 20 heavy (non-hydrogen) atoms. The lowest BCUT2D eigenvalue weighted by Gasteiger charge is -2.11. The first-order valence-corrected chi connectivity index (χ1v) is 6.34. The third kappa shape index (κ3) is 1.99. The molecule has 0 aliphatic heterocycles. The van der Waals surface area contributed by atoms with Gasteiger partial charge in [0.15, 0.2) is 0 Å². The standard InChI is InChI=1S/C16H14FN3/c1-9-6-15(18)20-10(2)16(9)11-7-12-13(17)4-3-5-14(12)19-8-11/h3-8H,1-2H3,(H2,18,20). The van der Waals surface area contributed by atoms with Crippen LogP contribution in [0.25, 0.3) is 22.0 Å². The van der Waals surface area contributed by atoms with E-state index in [1.54, 1.807) is 18.3 Å². The fraction of sp³-hybridized carbons (Fsp3) is 0.125. The molecule has 3 nitrogen and oxygen atoms in total. The van der Waals surface area contributed by atoms with E-state index in [0.717, 1.165) is 22.4 Å². The van der Waals surface area contributed by atoms with Gasteiger partial charge < -0.3 is 5.73 Å². The summed E-state index contributed by atoms with van der Waals surface area (Å²) in [6, 6.07) is 8.52. The first-order chi connectivity index (χ1) is 9.56. The van der Waals surface area contributed by atoms with Gasteiger partial charge >= 0.3 is 0 Å². The predicted molar refractivity (Wildman–Crippen MR) is 78.8 cm³/mol. The Morgan fingerprint density at radius 3 is 2.70 bits per heavy atom. The number of rotatable bonds is 1. The normalized spacial score (nSPS) is 10.9. The summed E-state index contributed by atoms with van der Waals surface area (Å²) < 4.78 is 13.9. The van der Waals surface area contributed by atoms with Gasteiger partial charge in [-0.15, -0.1) is 0 Å². The van der Waals surface area contributed by atoms with E-state index in [2.05, 4.69) is 9.97 Å². The number of aryl methyl sites for hydroxylation is 2. The Balaban J connectivity index is 2.28. The smallest absolute Gasteiger partial charge is 0.132 e. The van der Waals surface area contributed by atoms with E-state index in [1.165, 1.54) is 6.07 Å². The number of nitrogens with two attached hydrogens (primary N) is 1. The highest BCUT2D eigenvalue weighted by Gasteiger charge is 2.10. The summed E-state index contributed by atoms with van der Waals surface area (Å²) in [5.41, 5.74) is 10.0. The first kappa shape index (κ1) is 12.5. The van der Waals surface area contributed by atoms with Crippen molar-refractivity contribution in [3.63, 3.8) is 0 Å². The van der Waals surface area contributed by atoms with Crippen LogP contribution in [0.15, 0.2) is 36.5 Å². The van der Waals surface area contributed by atoms with E-state index in [4.69, 9.17) is 5.73 Å². The van der Waals surface area contributed by atoms with Crippen molar-refractivity contribution in [3.8, 4) is 11.1 Å². The zero-order chi connectivity index (χ0) is 14.3. The number of hydrogen-bond acceptors (Lipinski definition) is 3. The highest BCUT2D eigenvalue weighted by atomic mass is 19.1. The van der Waals surface area contributed by atoms with Gasteiger partial charge in [0.2, 0.25) is 0 Å². The van der Waals surface area contributed by atoms with Gasteiger partial charge in [-0.25, -0.2) is 9.37 Å². The lowest BCUT2D eigenvalue weighted by molar-refractivity contribution is 0.639. The molecule has 0 bridgehead atoms. The Bertz CT molecular complexity index is 789. The number of pyridine rings is 2. The summed E-state index contributed by atoms with van der Waals surface area (Å²) in [6.07, 6.45) is 1.75. The molecule has 0 saturated carbocycles. The molecule has 2 N–H and O–H groups in total. The molecule has 0 unspecified atom stereocenters. The lowest BCUT2D eigenvalue weighted by Crippen LogP contribution is -1.98. The highest BCUT2D eigenvalue weighted by Crippen LogP contribution is 2.29. The molecule has 0 aliphatic rings. The fourth-order valence-electron chi connectivity index (χ4n) is 2.55. The van der Waals surface area contributed by atoms with E-state index in [1.807, 2.05) is 26.0 Å². The second kappa shape index (κ2) is 4.56. The van der Waals surface area contributed by atoms with Crippen molar-refractivity contribution in [3.05, 3.63) is 53.6 Å². The Morgan fingerprint density at radius 2 is 1.95 bits per heavy atom. The van der Waals surface area contributed by atoms with Gasteiger partial charge in [0, 0.05) is 28.4 Å². The summed E-state index contributed by atoms with van der Waals surface area (Å²) >= 11 is 0. The van der Waals surface area contributed by atoms with Crippen LogP contribution in [0.5, 0.6) is 0 Å².